The summed E-state index contributed by atoms with van der Waals surface area (Å²) in [5, 5.41) is 11.1. The van der Waals surface area contributed by atoms with Gasteiger partial charge in [-0.25, -0.2) is 8.42 Å². The molecule has 8 heteroatoms. The Morgan fingerprint density at radius 1 is 0.949 bits per heavy atom. The molecule has 4 saturated carbocycles. The van der Waals surface area contributed by atoms with Gasteiger partial charge in [0.15, 0.2) is 0 Å². The standard InChI is InChI=1S/C31H52O6S.Na/c1-26(2)17-21-20-9-10-23-28(4)13-12-24(32)29(5,19-37-38(33,34)35)22(28)11-14-31(23,7)30(20,6)16-15-27(21,3)25(18-26)36-8;/h9,21-25,32H,10-19H2,1-8H3,(H,33,34,35);/q;+1/p-1/t21?,22?,23?,24-,25+,27+,28-,29+,30+,31+;/m0./s1. The van der Waals surface area contributed by atoms with E-state index in [0.717, 1.165) is 38.5 Å². The Kier molecular flexibility index (Phi) is 8.35. The summed E-state index contributed by atoms with van der Waals surface area (Å²) in [7, 11) is -2.92. The molecule has 0 aromatic carbocycles. The van der Waals surface area contributed by atoms with Crippen molar-refractivity contribution in [2.75, 3.05) is 13.7 Å². The summed E-state index contributed by atoms with van der Waals surface area (Å²) in [5.74, 6) is 1.04. The molecular formula is C31H51NaO6S. The van der Waals surface area contributed by atoms with Crippen molar-refractivity contribution in [1.29, 1.82) is 0 Å². The van der Waals surface area contributed by atoms with E-state index in [1.807, 2.05) is 14.0 Å². The number of fused-ring (bicyclic) bond motifs is 7. The first-order valence-electron chi connectivity index (χ1n) is 14.9. The topological polar surface area (TPSA) is 95.9 Å². The second kappa shape index (κ2) is 10.0. The SMILES string of the molecule is CO[C@@H]1CC(C)(C)CC2C3=CCC4[C@@]5(C)CC[C@H](O)[C@](C)(COS(=O)(=O)[O-])C5CC[C@@]4(C)[C@]3(C)CC[C@]21C.[Na+]. The number of hydrogen-bond donors (Lipinski definition) is 1. The number of aliphatic hydroxyl groups is 1. The van der Waals surface area contributed by atoms with Crippen LogP contribution in [-0.4, -0.2) is 44.0 Å². The fourth-order valence-electron chi connectivity index (χ4n) is 11.2. The average Bonchev–Trinajstić information content (AvgIpc) is 2.81. The second-order valence-electron chi connectivity index (χ2n) is 15.9. The minimum atomic E-state index is -4.82. The monoisotopic (exact) mass is 574 g/mol. The van der Waals surface area contributed by atoms with Gasteiger partial charge in [-0.05, 0) is 97.2 Å². The zero-order chi connectivity index (χ0) is 28.2. The summed E-state index contributed by atoms with van der Waals surface area (Å²) in [6.07, 6.45) is 11.4. The van der Waals surface area contributed by atoms with Gasteiger partial charge in [0.2, 0.25) is 10.4 Å². The van der Waals surface area contributed by atoms with E-state index >= 15 is 0 Å². The summed E-state index contributed by atoms with van der Waals surface area (Å²) < 4.78 is 45.2. The van der Waals surface area contributed by atoms with Gasteiger partial charge in [-0.3, -0.25) is 4.18 Å². The molecule has 0 spiro atoms. The molecule has 5 aliphatic carbocycles. The fourth-order valence-corrected chi connectivity index (χ4v) is 11.6. The molecule has 218 valence electrons. The third-order valence-corrected chi connectivity index (χ3v) is 14.1. The molecule has 39 heavy (non-hydrogen) atoms. The number of methoxy groups -OCH3 is 1. The Balaban J connectivity index is 0.00000353. The van der Waals surface area contributed by atoms with Crippen molar-refractivity contribution in [2.24, 2.45) is 50.2 Å². The summed E-state index contributed by atoms with van der Waals surface area (Å²) in [4.78, 5) is 0. The number of rotatable bonds is 4. The second-order valence-corrected chi connectivity index (χ2v) is 16.9. The van der Waals surface area contributed by atoms with Gasteiger partial charge in [-0.2, -0.15) is 0 Å². The summed E-state index contributed by atoms with van der Waals surface area (Å²) in [6, 6.07) is 0. The predicted molar refractivity (Wildman–Crippen MR) is 147 cm³/mol. The molecule has 5 rings (SSSR count). The molecule has 10 atom stereocenters. The molecule has 0 bridgehead atoms. The number of hydrogen-bond acceptors (Lipinski definition) is 6. The van der Waals surface area contributed by atoms with Crippen molar-refractivity contribution in [1.82, 2.24) is 0 Å². The van der Waals surface area contributed by atoms with Crippen LogP contribution in [0.3, 0.4) is 0 Å². The molecule has 4 fully saturated rings. The van der Waals surface area contributed by atoms with E-state index < -0.39 is 21.9 Å². The summed E-state index contributed by atoms with van der Waals surface area (Å²) in [5.41, 5.74) is 1.46. The Morgan fingerprint density at radius 3 is 2.23 bits per heavy atom. The van der Waals surface area contributed by atoms with Crippen LogP contribution >= 0.6 is 0 Å². The molecular weight excluding hydrogens is 523 g/mol. The van der Waals surface area contributed by atoms with E-state index in [-0.39, 0.29) is 75.3 Å². The Hall–Kier alpha value is 0.530. The first kappa shape index (κ1) is 32.4. The van der Waals surface area contributed by atoms with E-state index in [1.54, 1.807) is 5.57 Å². The van der Waals surface area contributed by atoms with Crippen LogP contribution in [0.25, 0.3) is 0 Å². The number of aliphatic hydroxyl groups excluding tert-OH is 1. The number of ether oxygens (including phenoxy) is 1. The van der Waals surface area contributed by atoms with Gasteiger partial charge in [0.05, 0.1) is 18.8 Å². The van der Waals surface area contributed by atoms with E-state index in [1.165, 1.54) is 12.8 Å². The predicted octanol–water partition coefficient (Wildman–Crippen LogP) is 3.25. The summed E-state index contributed by atoms with van der Waals surface area (Å²) in [6.45, 7) is 16.5. The maximum atomic E-state index is 11.4. The van der Waals surface area contributed by atoms with Crippen LogP contribution in [0.15, 0.2) is 11.6 Å². The van der Waals surface area contributed by atoms with E-state index in [9.17, 15) is 18.1 Å². The average molecular weight is 575 g/mol. The van der Waals surface area contributed by atoms with E-state index in [2.05, 4.69) is 47.6 Å². The molecule has 0 amide bonds. The largest absolute Gasteiger partial charge is 1.00 e. The van der Waals surface area contributed by atoms with Crippen LogP contribution in [0.2, 0.25) is 0 Å². The zero-order valence-corrected chi connectivity index (χ0v) is 28.7. The molecule has 0 aromatic rings. The van der Waals surface area contributed by atoms with Gasteiger partial charge < -0.3 is 14.4 Å². The Labute approximate surface area is 259 Å². The van der Waals surface area contributed by atoms with Crippen LogP contribution in [0.5, 0.6) is 0 Å². The van der Waals surface area contributed by atoms with Gasteiger partial charge >= 0.3 is 29.6 Å². The molecule has 5 aliphatic rings. The molecule has 0 aliphatic heterocycles. The van der Waals surface area contributed by atoms with Crippen LogP contribution in [0.1, 0.15) is 106 Å². The van der Waals surface area contributed by atoms with Crippen molar-refractivity contribution in [3.05, 3.63) is 11.6 Å². The van der Waals surface area contributed by atoms with Gasteiger partial charge in [0.25, 0.3) is 0 Å². The first-order chi connectivity index (χ1) is 17.4. The van der Waals surface area contributed by atoms with Gasteiger partial charge in [0, 0.05) is 17.9 Å². The maximum absolute atomic E-state index is 11.4. The minimum absolute atomic E-state index is 0. The fraction of sp³-hybridized carbons (Fsp3) is 0.935. The quantitative estimate of drug-likeness (QED) is 0.240. The van der Waals surface area contributed by atoms with Crippen LogP contribution in [0, 0.1) is 50.2 Å². The Morgan fingerprint density at radius 2 is 1.62 bits per heavy atom. The van der Waals surface area contributed by atoms with Crippen molar-refractivity contribution in [3.63, 3.8) is 0 Å². The Bertz CT molecular complexity index is 1110. The molecule has 0 saturated heterocycles. The smallest absolute Gasteiger partial charge is 0.726 e. The molecule has 0 radical (unpaired) electrons. The summed E-state index contributed by atoms with van der Waals surface area (Å²) >= 11 is 0. The third-order valence-electron chi connectivity index (χ3n) is 13.7. The third kappa shape index (κ3) is 4.71. The van der Waals surface area contributed by atoms with Crippen molar-refractivity contribution >= 4 is 10.4 Å². The minimum Gasteiger partial charge on any atom is -0.726 e. The van der Waals surface area contributed by atoms with Crippen LogP contribution < -0.4 is 29.6 Å². The molecule has 1 N–H and O–H groups in total. The van der Waals surface area contributed by atoms with Gasteiger partial charge in [0.1, 0.15) is 0 Å². The van der Waals surface area contributed by atoms with Crippen molar-refractivity contribution in [3.8, 4) is 0 Å². The molecule has 3 unspecified atom stereocenters. The van der Waals surface area contributed by atoms with Crippen LogP contribution in [-0.2, 0) is 19.3 Å². The van der Waals surface area contributed by atoms with E-state index in [4.69, 9.17) is 8.92 Å². The van der Waals surface area contributed by atoms with Gasteiger partial charge in [-0.1, -0.05) is 60.1 Å². The van der Waals surface area contributed by atoms with Crippen LogP contribution in [0.4, 0.5) is 0 Å². The maximum Gasteiger partial charge on any atom is 1.00 e. The first-order valence-corrected chi connectivity index (χ1v) is 16.2. The molecule has 0 heterocycles. The normalized spacial score (nSPS) is 50.8. The number of allylic oxidation sites excluding steroid dienone is 2. The zero-order valence-electron chi connectivity index (χ0n) is 25.9. The van der Waals surface area contributed by atoms with Crippen molar-refractivity contribution < 1.29 is 56.6 Å². The molecule has 6 nitrogen and oxygen atoms in total. The molecule has 0 aromatic heterocycles. The van der Waals surface area contributed by atoms with Crippen molar-refractivity contribution in [2.45, 2.75) is 118 Å². The van der Waals surface area contributed by atoms with E-state index in [0.29, 0.717) is 18.3 Å². The van der Waals surface area contributed by atoms with Gasteiger partial charge in [-0.15, -0.1) is 0 Å².